The van der Waals surface area contributed by atoms with Crippen LogP contribution in [0.2, 0.25) is 0 Å². The van der Waals surface area contributed by atoms with E-state index in [2.05, 4.69) is 86.6 Å². The smallest absolute Gasteiger partial charge is 0.0206 e. The highest BCUT2D eigenvalue weighted by atomic mass is 35.5. The molecular weight excluding hydrogens is 302 g/mol. The second-order valence-corrected chi connectivity index (χ2v) is 7.07. The zero-order chi connectivity index (χ0) is 15.6. The first-order valence-electron chi connectivity index (χ1n) is 8.41. The zero-order valence-electron chi connectivity index (χ0n) is 14.4. The Balaban J connectivity index is 0.00000192. The molecule has 0 saturated heterocycles. The Bertz CT molecular complexity index is 554. The van der Waals surface area contributed by atoms with E-state index in [-0.39, 0.29) is 17.8 Å². The van der Waals surface area contributed by atoms with E-state index in [1.165, 1.54) is 30.4 Å². The molecule has 1 aliphatic carbocycles. The lowest BCUT2D eigenvalue weighted by Crippen LogP contribution is -2.45. The maximum atomic E-state index is 2.42. The molecule has 0 N–H and O–H groups in total. The molecule has 1 fully saturated rings. The van der Waals surface area contributed by atoms with Gasteiger partial charge in [-0.2, -0.15) is 0 Å². The van der Waals surface area contributed by atoms with Gasteiger partial charge in [0.2, 0.25) is 0 Å². The monoisotopic (exact) mass is 329 g/mol. The van der Waals surface area contributed by atoms with E-state index < -0.39 is 0 Å². The molecule has 2 unspecified atom stereocenters. The maximum Gasteiger partial charge on any atom is 0.0206 e. The summed E-state index contributed by atoms with van der Waals surface area (Å²) in [6.45, 7) is 2.42. The van der Waals surface area contributed by atoms with Crippen LogP contribution in [0.1, 0.15) is 37.3 Å². The summed E-state index contributed by atoms with van der Waals surface area (Å²) in [4.78, 5) is 2.41. The Morgan fingerprint density at radius 1 is 0.870 bits per heavy atom. The highest BCUT2D eigenvalue weighted by Gasteiger charge is 2.42. The van der Waals surface area contributed by atoms with Crippen molar-refractivity contribution in [3.63, 3.8) is 0 Å². The molecule has 2 aromatic carbocycles. The van der Waals surface area contributed by atoms with Gasteiger partial charge in [0.25, 0.3) is 0 Å². The fourth-order valence-corrected chi connectivity index (χ4v) is 4.44. The van der Waals surface area contributed by atoms with Crippen LogP contribution >= 0.6 is 12.4 Å². The van der Waals surface area contributed by atoms with Crippen molar-refractivity contribution in [1.82, 2.24) is 4.90 Å². The summed E-state index contributed by atoms with van der Waals surface area (Å²) in [6.07, 6.45) is 3.72. The van der Waals surface area contributed by atoms with Crippen LogP contribution in [0.15, 0.2) is 60.7 Å². The van der Waals surface area contributed by atoms with Gasteiger partial charge in [-0.15, -0.1) is 12.4 Å². The third-order valence-electron chi connectivity index (χ3n) is 5.51. The normalized spacial score (nSPS) is 23.3. The molecule has 2 aromatic rings. The van der Waals surface area contributed by atoms with Crippen molar-refractivity contribution in [3.05, 3.63) is 71.8 Å². The fraction of sp³-hybridized carbons (Fsp3) is 0.429. The van der Waals surface area contributed by atoms with Crippen molar-refractivity contribution in [3.8, 4) is 0 Å². The zero-order valence-corrected chi connectivity index (χ0v) is 15.2. The van der Waals surface area contributed by atoms with E-state index in [4.69, 9.17) is 0 Å². The van der Waals surface area contributed by atoms with Crippen molar-refractivity contribution < 1.29 is 0 Å². The first-order chi connectivity index (χ1) is 10.6. The molecule has 1 nitrogen and oxygen atoms in total. The van der Waals surface area contributed by atoms with E-state index in [0.29, 0.717) is 12.0 Å². The minimum Gasteiger partial charge on any atom is -0.306 e. The first kappa shape index (κ1) is 18.0. The highest BCUT2D eigenvalue weighted by Crippen LogP contribution is 2.47. The van der Waals surface area contributed by atoms with Gasteiger partial charge in [-0.3, -0.25) is 0 Å². The average Bonchev–Trinajstić information content (AvgIpc) is 2.56. The summed E-state index contributed by atoms with van der Waals surface area (Å²) < 4.78 is 0. The Morgan fingerprint density at radius 3 is 1.74 bits per heavy atom. The fourth-order valence-electron chi connectivity index (χ4n) is 4.44. The number of rotatable bonds is 3. The van der Waals surface area contributed by atoms with Gasteiger partial charge in [0.05, 0.1) is 0 Å². The quantitative estimate of drug-likeness (QED) is 0.753. The van der Waals surface area contributed by atoms with E-state index in [1.54, 1.807) is 0 Å². The van der Waals surface area contributed by atoms with E-state index in [0.717, 1.165) is 0 Å². The van der Waals surface area contributed by atoms with Crippen LogP contribution in [-0.2, 0) is 5.41 Å². The Labute approximate surface area is 147 Å². The van der Waals surface area contributed by atoms with Gasteiger partial charge >= 0.3 is 0 Å². The Morgan fingerprint density at radius 2 is 1.35 bits per heavy atom. The number of hydrogen-bond donors (Lipinski definition) is 0. The standard InChI is InChI=1S/C21H27N.ClH/c1-17-16-21(15-14-20(17)22(2)3,18-10-6-4-7-11-18)19-12-8-5-9-13-19;/h4-13,17,20H,14-16H2,1-3H3;1H. The predicted molar refractivity (Wildman–Crippen MR) is 101 cm³/mol. The summed E-state index contributed by atoms with van der Waals surface area (Å²) in [5.41, 5.74) is 3.13. The van der Waals surface area contributed by atoms with Crippen molar-refractivity contribution in [1.29, 1.82) is 0 Å². The van der Waals surface area contributed by atoms with Crippen molar-refractivity contribution in [2.45, 2.75) is 37.6 Å². The first-order valence-corrected chi connectivity index (χ1v) is 8.41. The van der Waals surface area contributed by atoms with Crippen LogP contribution in [0, 0.1) is 5.92 Å². The van der Waals surface area contributed by atoms with Gasteiger partial charge in [0.1, 0.15) is 0 Å². The molecule has 0 aliphatic heterocycles. The van der Waals surface area contributed by atoms with Gasteiger partial charge in [-0.05, 0) is 50.4 Å². The average molecular weight is 330 g/mol. The second-order valence-electron chi connectivity index (χ2n) is 7.07. The predicted octanol–water partition coefficient (Wildman–Crippen LogP) is 5.14. The lowest BCUT2D eigenvalue weighted by atomic mass is 9.61. The van der Waals surface area contributed by atoms with Gasteiger partial charge in [0.15, 0.2) is 0 Å². The van der Waals surface area contributed by atoms with E-state index in [9.17, 15) is 0 Å². The Hall–Kier alpha value is -1.31. The number of benzene rings is 2. The molecule has 2 atom stereocenters. The van der Waals surface area contributed by atoms with Crippen LogP contribution in [0.4, 0.5) is 0 Å². The van der Waals surface area contributed by atoms with Crippen molar-refractivity contribution in [2.24, 2.45) is 5.92 Å². The molecule has 0 spiro atoms. The molecule has 0 radical (unpaired) electrons. The summed E-state index contributed by atoms with van der Waals surface area (Å²) >= 11 is 0. The minimum atomic E-state index is 0. The summed E-state index contributed by atoms with van der Waals surface area (Å²) in [7, 11) is 4.44. The van der Waals surface area contributed by atoms with Crippen molar-refractivity contribution >= 4 is 12.4 Å². The largest absolute Gasteiger partial charge is 0.306 e. The van der Waals surface area contributed by atoms with Crippen LogP contribution in [0.5, 0.6) is 0 Å². The van der Waals surface area contributed by atoms with Crippen molar-refractivity contribution in [2.75, 3.05) is 14.1 Å². The summed E-state index contributed by atoms with van der Waals surface area (Å²) in [5.74, 6) is 0.698. The third-order valence-corrected chi connectivity index (χ3v) is 5.51. The maximum absolute atomic E-state index is 2.42. The molecule has 0 bridgehead atoms. The Kier molecular flexibility index (Phi) is 5.89. The van der Waals surface area contributed by atoms with Gasteiger partial charge in [-0.25, -0.2) is 0 Å². The minimum absolute atomic E-state index is 0. The van der Waals surface area contributed by atoms with E-state index >= 15 is 0 Å². The molecular formula is C21H28ClN. The molecule has 124 valence electrons. The lowest BCUT2D eigenvalue weighted by Gasteiger charge is -2.46. The SMILES string of the molecule is CC1CC(c2ccccc2)(c2ccccc2)CCC1N(C)C.Cl. The number of nitrogens with zero attached hydrogens (tertiary/aromatic N) is 1. The molecule has 0 aromatic heterocycles. The number of halogens is 1. The van der Waals surface area contributed by atoms with Crippen LogP contribution in [-0.4, -0.2) is 25.0 Å². The summed E-state index contributed by atoms with van der Waals surface area (Å²) in [6, 6.07) is 22.9. The van der Waals surface area contributed by atoms with Gasteiger partial charge in [0, 0.05) is 11.5 Å². The van der Waals surface area contributed by atoms with Crippen LogP contribution in [0.3, 0.4) is 0 Å². The van der Waals surface area contributed by atoms with Crippen LogP contribution in [0.25, 0.3) is 0 Å². The molecule has 23 heavy (non-hydrogen) atoms. The van der Waals surface area contributed by atoms with Crippen LogP contribution < -0.4 is 0 Å². The lowest BCUT2D eigenvalue weighted by molar-refractivity contribution is 0.129. The second kappa shape index (κ2) is 7.51. The highest BCUT2D eigenvalue weighted by molar-refractivity contribution is 5.85. The topological polar surface area (TPSA) is 3.24 Å². The number of hydrogen-bond acceptors (Lipinski definition) is 1. The molecule has 0 heterocycles. The van der Waals surface area contributed by atoms with Gasteiger partial charge in [-0.1, -0.05) is 67.6 Å². The molecule has 0 amide bonds. The third kappa shape index (κ3) is 3.46. The molecule has 3 rings (SSSR count). The molecule has 2 heteroatoms. The summed E-state index contributed by atoms with van der Waals surface area (Å²) in [5, 5.41) is 0. The van der Waals surface area contributed by atoms with Gasteiger partial charge < -0.3 is 4.90 Å². The van der Waals surface area contributed by atoms with E-state index in [1.807, 2.05) is 0 Å². The molecule has 1 aliphatic rings. The molecule has 1 saturated carbocycles.